The molecule has 2 N–H and O–H groups in total. The average Bonchev–Trinajstić information content (AvgIpc) is 2.37. The van der Waals surface area contributed by atoms with Crippen molar-refractivity contribution in [3.05, 3.63) is 28.8 Å². The van der Waals surface area contributed by atoms with Gasteiger partial charge >= 0.3 is 0 Å². The maximum Gasteiger partial charge on any atom is 0.235 e. The van der Waals surface area contributed by atoms with Gasteiger partial charge in [-0.3, -0.25) is 4.31 Å². The quantitative estimate of drug-likeness (QED) is 0.801. The number of rotatable bonds is 1. The van der Waals surface area contributed by atoms with Gasteiger partial charge in [-0.2, -0.15) is 0 Å². The van der Waals surface area contributed by atoms with Crippen LogP contribution in [0.25, 0.3) is 0 Å². The van der Waals surface area contributed by atoms with Crippen LogP contribution in [0.3, 0.4) is 0 Å². The zero-order valence-electron chi connectivity index (χ0n) is 10.4. The van der Waals surface area contributed by atoms with E-state index in [2.05, 4.69) is 11.8 Å². The predicted octanol–water partition coefficient (Wildman–Crippen LogP) is 1.58. The van der Waals surface area contributed by atoms with Gasteiger partial charge in [-0.25, -0.2) is 8.42 Å². The first-order valence-electron chi connectivity index (χ1n) is 6.03. The number of hydrogen-bond donors (Lipinski definition) is 1. The molecule has 0 bridgehead atoms. The van der Waals surface area contributed by atoms with Crippen LogP contribution in [-0.4, -0.2) is 27.3 Å². The minimum absolute atomic E-state index is 0.170. The largest absolute Gasteiger partial charge is 0.320 e. The Labute approximate surface area is 118 Å². The lowest BCUT2D eigenvalue weighted by Crippen LogP contribution is -2.38. The van der Waals surface area contributed by atoms with Crippen LogP contribution < -0.4 is 10.0 Å². The maximum absolute atomic E-state index is 12.1. The van der Waals surface area contributed by atoms with Crippen molar-refractivity contribution in [3.8, 4) is 11.8 Å². The molecule has 0 unspecified atom stereocenters. The van der Waals surface area contributed by atoms with E-state index in [0.717, 1.165) is 6.42 Å². The van der Waals surface area contributed by atoms with Crippen molar-refractivity contribution in [2.45, 2.75) is 12.8 Å². The molecule has 1 heterocycles. The third-order valence-electron chi connectivity index (χ3n) is 2.90. The lowest BCUT2D eigenvalue weighted by molar-refractivity contribution is 0.574. The van der Waals surface area contributed by atoms with E-state index in [-0.39, 0.29) is 12.3 Å². The van der Waals surface area contributed by atoms with Gasteiger partial charge in [0.2, 0.25) is 10.0 Å². The molecule has 1 aromatic rings. The number of halogens is 1. The lowest BCUT2D eigenvalue weighted by Gasteiger charge is -2.29. The van der Waals surface area contributed by atoms with Crippen LogP contribution in [-0.2, 0) is 10.0 Å². The number of anilines is 1. The molecule has 19 heavy (non-hydrogen) atoms. The van der Waals surface area contributed by atoms with Gasteiger partial charge in [0.15, 0.2) is 0 Å². The normalized spacial score (nSPS) is 17.7. The molecule has 0 aromatic heterocycles. The van der Waals surface area contributed by atoms with Gasteiger partial charge in [0.05, 0.1) is 18.0 Å². The number of sulfonamides is 1. The van der Waals surface area contributed by atoms with Gasteiger partial charge in [-0.1, -0.05) is 23.4 Å². The Bertz CT molecular complexity index is 632. The fourth-order valence-corrected chi connectivity index (χ4v) is 3.84. The number of nitrogens with two attached hydrogens (primary N) is 1. The summed E-state index contributed by atoms with van der Waals surface area (Å²) in [6.07, 6.45) is 1.54. The Balaban J connectivity index is 2.50. The number of nitrogens with zero attached hydrogens (tertiary/aromatic N) is 1. The molecule has 102 valence electrons. The summed E-state index contributed by atoms with van der Waals surface area (Å²) >= 11 is 5.97. The molecule has 1 aromatic carbocycles. The van der Waals surface area contributed by atoms with Crippen LogP contribution in [0.1, 0.15) is 18.4 Å². The van der Waals surface area contributed by atoms with E-state index < -0.39 is 10.0 Å². The van der Waals surface area contributed by atoms with Gasteiger partial charge in [-0.15, -0.1) is 0 Å². The van der Waals surface area contributed by atoms with E-state index >= 15 is 0 Å². The lowest BCUT2D eigenvalue weighted by atomic mass is 10.1. The highest BCUT2D eigenvalue weighted by Crippen LogP contribution is 2.29. The molecular formula is C13H15ClN2O2S. The summed E-state index contributed by atoms with van der Waals surface area (Å²) in [7, 11) is -3.27. The second-order valence-electron chi connectivity index (χ2n) is 4.26. The molecule has 6 heteroatoms. The standard InChI is InChI=1S/C13H15ClN2O2S/c14-12-6-5-11(4-3-7-15)13(10-12)16-8-1-2-9-19(16,17)18/h5-6,10H,1-2,7-9,15H2. The van der Waals surface area contributed by atoms with E-state index in [0.29, 0.717) is 29.2 Å². The summed E-state index contributed by atoms with van der Waals surface area (Å²) in [5, 5.41) is 0.495. The predicted molar refractivity (Wildman–Crippen MR) is 77.8 cm³/mol. The van der Waals surface area contributed by atoms with Crippen molar-refractivity contribution < 1.29 is 8.42 Å². The van der Waals surface area contributed by atoms with Crippen molar-refractivity contribution in [3.63, 3.8) is 0 Å². The van der Waals surface area contributed by atoms with Crippen LogP contribution in [0, 0.1) is 11.8 Å². The molecule has 0 atom stereocenters. The summed E-state index contributed by atoms with van der Waals surface area (Å²) in [6.45, 7) is 0.703. The summed E-state index contributed by atoms with van der Waals surface area (Å²) < 4.78 is 25.7. The zero-order valence-corrected chi connectivity index (χ0v) is 12.0. The molecule has 0 spiro atoms. The molecule has 0 amide bonds. The number of benzene rings is 1. The highest BCUT2D eigenvalue weighted by atomic mass is 35.5. The Morgan fingerprint density at radius 3 is 2.84 bits per heavy atom. The van der Waals surface area contributed by atoms with E-state index in [4.69, 9.17) is 17.3 Å². The SMILES string of the molecule is NCC#Cc1ccc(Cl)cc1N1CCCCS1(=O)=O. The van der Waals surface area contributed by atoms with Crippen molar-refractivity contribution in [2.75, 3.05) is 23.1 Å². The Kier molecular flexibility index (Phi) is 4.35. The summed E-state index contributed by atoms with van der Waals surface area (Å²) in [5.41, 5.74) is 6.54. The molecular weight excluding hydrogens is 284 g/mol. The molecule has 1 fully saturated rings. The molecule has 1 saturated heterocycles. The maximum atomic E-state index is 12.1. The Hall–Kier alpha value is -1.22. The first-order chi connectivity index (χ1) is 9.04. The monoisotopic (exact) mass is 298 g/mol. The van der Waals surface area contributed by atoms with Crippen LogP contribution in [0.2, 0.25) is 5.02 Å². The van der Waals surface area contributed by atoms with E-state index in [1.807, 2.05) is 0 Å². The van der Waals surface area contributed by atoms with Crippen LogP contribution >= 0.6 is 11.6 Å². The van der Waals surface area contributed by atoms with Crippen molar-refractivity contribution in [1.82, 2.24) is 0 Å². The third-order valence-corrected chi connectivity index (χ3v) is 4.99. The highest BCUT2D eigenvalue weighted by molar-refractivity contribution is 7.92. The van der Waals surface area contributed by atoms with Gasteiger partial charge in [-0.05, 0) is 31.0 Å². The molecule has 0 saturated carbocycles. The first-order valence-corrected chi connectivity index (χ1v) is 8.02. The highest BCUT2D eigenvalue weighted by Gasteiger charge is 2.27. The van der Waals surface area contributed by atoms with Gasteiger partial charge < -0.3 is 5.73 Å². The van der Waals surface area contributed by atoms with E-state index in [1.165, 1.54) is 4.31 Å². The Morgan fingerprint density at radius 2 is 2.16 bits per heavy atom. The number of hydrogen-bond acceptors (Lipinski definition) is 3. The average molecular weight is 299 g/mol. The summed E-state index contributed by atoms with van der Waals surface area (Å²) in [4.78, 5) is 0. The molecule has 0 aliphatic carbocycles. The van der Waals surface area contributed by atoms with E-state index in [9.17, 15) is 8.42 Å². The fourth-order valence-electron chi connectivity index (χ4n) is 2.02. The Morgan fingerprint density at radius 1 is 1.37 bits per heavy atom. The smallest absolute Gasteiger partial charge is 0.235 e. The van der Waals surface area contributed by atoms with Gasteiger partial charge in [0.1, 0.15) is 0 Å². The molecule has 4 nitrogen and oxygen atoms in total. The van der Waals surface area contributed by atoms with Crippen LogP contribution in [0.15, 0.2) is 18.2 Å². The third kappa shape index (κ3) is 3.21. The minimum Gasteiger partial charge on any atom is -0.320 e. The zero-order chi connectivity index (χ0) is 13.9. The minimum atomic E-state index is -3.27. The second-order valence-corrected chi connectivity index (χ2v) is 6.71. The van der Waals surface area contributed by atoms with Gasteiger partial charge in [0, 0.05) is 17.1 Å². The van der Waals surface area contributed by atoms with Crippen molar-refractivity contribution in [1.29, 1.82) is 0 Å². The van der Waals surface area contributed by atoms with E-state index in [1.54, 1.807) is 18.2 Å². The summed E-state index contributed by atoms with van der Waals surface area (Å²) in [5.74, 6) is 5.81. The van der Waals surface area contributed by atoms with Gasteiger partial charge in [0.25, 0.3) is 0 Å². The molecule has 1 aliphatic heterocycles. The molecule has 0 radical (unpaired) electrons. The van der Waals surface area contributed by atoms with Crippen molar-refractivity contribution >= 4 is 27.3 Å². The topological polar surface area (TPSA) is 63.4 Å². The fraction of sp³-hybridized carbons (Fsp3) is 0.385. The first kappa shape index (κ1) is 14.2. The second kappa shape index (κ2) is 5.83. The van der Waals surface area contributed by atoms with Crippen LogP contribution in [0.4, 0.5) is 5.69 Å². The molecule has 2 rings (SSSR count). The van der Waals surface area contributed by atoms with Crippen molar-refractivity contribution in [2.24, 2.45) is 5.73 Å². The van der Waals surface area contributed by atoms with Crippen LogP contribution in [0.5, 0.6) is 0 Å². The summed E-state index contributed by atoms with van der Waals surface area (Å²) in [6, 6.07) is 5.07. The molecule has 1 aliphatic rings.